The van der Waals surface area contributed by atoms with Crippen LogP contribution >= 0.6 is 11.3 Å². The van der Waals surface area contributed by atoms with Crippen LogP contribution in [0.15, 0.2) is 0 Å². The lowest BCUT2D eigenvalue weighted by Gasteiger charge is -2.01. The molecule has 0 saturated carbocycles. The summed E-state index contributed by atoms with van der Waals surface area (Å²) in [5.74, 6) is -1.84. The second-order valence-electron chi connectivity index (χ2n) is 3.37. The lowest BCUT2D eigenvalue weighted by atomic mass is 10.6. The van der Waals surface area contributed by atoms with Crippen LogP contribution in [0.25, 0.3) is 4.96 Å². The molecule has 2 heterocycles. The van der Waals surface area contributed by atoms with Gasteiger partial charge in [0.25, 0.3) is 11.7 Å². The van der Waals surface area contributed by atoms with Gasteiger partial charge in [0.1, 0.15) is 0 Å². The summed E-state index contributed by atoms with van der Waals surface area (Å²) in [6, 6.07) is 0. The zero-order valence-corrected chi connectivity index (χ0v) is 10.4. The number of alkyl halides is 3. The first-order valence-electron chi connectivity index (χ1n) is 5.00. The van der Waals surface area contributed by atoms with Crippen molar-refractivity contribution in [3.8, 4) is 0 Å². The number of nitrogens with one attached hydrogen (secondary N) is 1. The van der Waals surface area contributed by atoms with Gasteiger partial charge in [-0.15, -0.1) is 15.3 Å². The third-order valence-corrected chi connectivity index (χ3v) is 2.93. The number of hydrogen-bond acceptors (Lipinski definition) is 6. The number of ether oxygens (including phenoxy) is 1. The van der Waals surface area contributed by atoms with Crippen LogP contribution in [-0.4, -0.2) is 46.0 Å². The highest BCUT2D eigenvalue weighted by molar-refractivity contribution is 7.18. The third kappa shape index (κ3) is 2.81. The lowest BCUT2D eigenvalue weighted by Crippen LogP contribution is -2.27. The minimum absolute atomic E-state index is 0.0933. The summed E-state index contributed by atoms with van der Waals surface area (Å²) in [5, 5.41) is 12.2. The van der Waals surface area contributed by atoms with Crippen molar-refractivity contribution in [2.45, 2.75) is 6.18 Å². The van der Waals surface area contributed by atoms with Crippen LogP contribution in [0.1, 0.15) is 15.6 Å². The standard InChI is InChI=1S/C8H8F3N5O2S/c1-18-3-2-12-4(17)5-15-16-6(8(9,10)11)13-14-7(16)19-5/h2-3H2,1H3,(H,12,17). The molecule has 0 saturated heterocycles. The van der Waals surface area contributed by atoms with Gasteiger partial charge in [-0.25, -0.2) is 0 Å². The molecule has 0 spiro atoms. The molecule has 0 aliphatic heterocycles. The van der Waals surface area contributed by atoms with E-state index in [-0.39, 0.29) is 16.5 Å². The summed E-state index contributed by atoms with van der Waals surface area (Å²) in [5.41, 5.74) is 0. The first-order valence-corrected chi connectivity index (χ1v) is 5.81. The molecule has 1 amide bonds. The number of fused-ring (bicyclic) bond motifs is 1. The number of nitrogens with zero attached hydrogens (tertiary/aromatic N) is 4. The summed E-state index contributed by atoms with van der Waals surface area (Å²) < 4.78 is 42.8. The van der Waals surface area contributed by atoms with Gasteiger partial charge < -0.3 is 10.1 Å². The topological polar surface area (TPSA) is 81.4 Å². The summed E-state index contributed by atoms with van der Waals surface area (Å²) in [6.45, 7) is 0.533. The Morgan fingerprint density at radius 1 is 1.47 bits per heavy atom. The average Bonchev–Trinajstić information content (AvgIpc) is 2.86. The normalized spacial score (nSPS) is 12.0. The van der Waals surface area contributed by atoms with E-state index in [0.29, 0.717) is 11.1 Å². The second-order valence-corrected chi connectivity index (χ2v) is 4.33. The number of carbonyl (C=O) groups is 1. The Kier molecular flexibility index (Phi) is 3.66. The number of methoxy groups -OCH3 is 1. The molecule has 2 aromatic heterocycles. The van der Waals surface area contributed by atoms with Crippen molar-refractivity contribution < 1.29 is 22.7 Å². The molecule has 0 aliphatic rings. The SMILES string of the molecule is COCCNC(=O)c1nn2c(C(F)(F)F)nnc2s1. The zero-order valence-electron chi connectivity index (χ0n) is 9.56. The number of amides is 1. The maximum Gasteiger partial charge on any atom is 0.453 e. The average molecular weight is 295 g/mol. The minimum atomic E-state index is -4.67. The molecule has 11 heteroatoms. The van der Waals surface area contributed by atoms with Gasteiger partial charge >= 0.3 is 6.18 Å². The molecule has 0 aromatic carbocycles. The number of carbonyl (C=O) groups excluding carboxylic acids is 1. The van der Waals surface area contributed by atoms with Crippen LogP contribution in [-0.2, 0) is 10.9 Å². The first-order chi connectivity index (χ1) is 8.93. The van der Waals surface area contributed by atoms with Crippen LogP contribution in [0.2, 0.25) is 0 Å². The summed E-state index contributed by atoms with van der Waals surface area (Å²) >= 11 is 0.726. The van der Waals surface area contributed by atoms with E-state index in [9.17, 15) is 18.0 Å². The monoisotopic (exact) mass is 295 g/mol. The minimum Gasteiger partial charge on any atom is -0.383 e. The van der Waals surface area contributed by atoms with Gasteiger partial charge in [-0.1, -0.05) is 11.3 Å². The fourth-order valence-corrected chi connectivity index (χ4v) is 1.98. The molecule has 0 aliphatic carbocycles. The molecule has 19 heavy (non-hydrogen) atoms. The van der Waals surface area contributed by atoms with Crippen molar-refractivity contribution in [2.75, 3.05) is 20.3 Å². The van der Waals surface area contributed by atoms with E-state index in [1.807, 2.05) is 0 Å². The van der Waals surface area contributed by atoms with Crippen LogP contribution < -0.4 is 5.32 Å². The molecule has 2 rings (SSSR count). The molecule has 1 N–H and O–H groups in total. The molecular formula is C8H8F3N5O2S. The smallest absolute Gasteiger partial charge is 0.383 e. The van der Waals surface area contributed by atoms with Crippen LogP contribution in [0, 0.1) is 0 Å². The van der Waals surface area contributed by atoms with Gasteiger partial charge in [-0.2, -0.15) is 17.7 Å². The van der Waals surface area contributed by atoms with Gasteiger partial charge in [-0.3, -0.25) is 4.79 Å². The second kappa shape index (κ2) is 5.09. The number of hydrogen-bond donors (Lipinski definition) is 1. The van der Waals surface area contributed by atoms with Crippen LogP contribution in [0.5, 0.6) is 0 Å². The number of halogens is 3. The maximum absolute atomic E-state index is 12.5. The van der Waals surface area contributed by atoms with Crippen molar-refractivity contribution >= 4 is 22.2 Å². The van der Waals surface area contributed by atoms with Gasteiger partial charge in [0.15, 0.2) is 0 Å². The Balaban J connectivity index is 2.22. The van der Waals surface area contributed by atoms with E-state index >= 15 is 0 Å². The van der Waals surface area contributed by atoms with E-state index in [1.165, 1.54) is 7.11 Å². The van der Waals surface area contributed by atoms with Gasteiger partial charge in [0.05, 0.1) is 6.61 Å². The van der Waals surface area contributed by atoms with E-state index in [0.717, 1.165) is 11.3 Å². The van der Waals surface area contributed by atoms with Gasteiger partial charge in [0.2, 0.25) is 9.97 Å². The maximum atomic E-state index is 12.5. The van der Waals surface area contributed by atoms with Gasteiger partial charge in [-0.05, 0) is 0 Å². The quantitative estimate of drug-likeness (QED) is 0.834. The van der Waals surface area contributed by atoms with E-state index in [1.54, 1.807) is 0 Å². The molecule has 0 bridgehead atoms. The van der Waals surface area contributed by atoms with Crippen LogP contribution in [0.4, 0.5) is 13.2 Å². The molecule has 0 unspecified atom stereocenters. The highest BCUT2D eigenvalue weighted by Crippen LogP contribution is 2.28. The third-order valence-electron chi connectivity index (χ3n) is 2.03. The van der Waals surface area contributed by atoms with E-state index in [4.69, 9.17) is 4.74 Å². The summed E-state index contributed by atoms with van der Waals surface area (Å²) in [7, 11) is 1.46. The van der Waals surface area contributed by atoms with Crippen molar-refractivity contribution in [3.05, 3.63) is 10.8 Å². The van der Waals surface area contributed by atoms with Crippen molar-refractivity contribution in [1.82, 2.24) is 25.1 Å². The Labute approximate surface area is 108 Å². The summed E-state index contributed by atoms with van der Waals surface area (Å²) in [4.78, 5) is 11.5. The molecule has 0 radical (unpaired) electrons. The Bertz CT molecular complexity index is 593. The first kappa shape index (κ1) is 13.7. The van der Waals surface area contributed by atoms with Crippen molar-refractivity contribution in [2.24, 2.45) is 0 Å². The predicted octanol–water partition coefficient (Wildman–Crippen LogP) is 0.581. The fraction of sp³-hybridized carbons (Fsp3) is 0.500. The molecule has 2 aromatic rings. The molecular weight excluding hydrogens is 287 g/mol. The predicted molar refractivity (Wildman–Crippen MR) is 57.9 cm³/mol. The van der Waals surface area contributed by atoms with Crippen molar-refractivity contribution in [1.29, 1.82) is 0 Å². The fourth-order valence-electron chi connectivity index (χ4n) is 1.23. The molecule has 0 atom stereocenters. The molecule has 104 valence electrons. The lowest BCUT2D eigenvalue weighted by molar-refractivity contribution is -0.146. The van der Waals surface area contributed by atoms with Gasteiger partial charge in [0, 0.05) is 13.7 Å². The highest BCUT2D eigenvalue weighted by atomic mass is 32.1. The van der Waals surface area contributed by atoms with E-state index in [2.05, 4.69) is 20.6 Å². The molecule has 0 fully saturated rings. The largest absolute Gasteiger partial charge is 0.453 e. The highest BCUT2D eigenvalue weighted by Gasteiger charge is 2.38. The van der Waals surface area contributed by atoms with E-state index < -0.39 is 17.9 Å². The number of rotatable bonds is 4. The van der Waals surface area contributed by atoms with Crippen LogP contribution in [0.3, 0.4) is 0 Å². The summed E-state index contributed by atoms with van der Waals surface area (Å²) in [6.07, 6.45) is -4.67. The Morgan fingerprint density at radius 2 is 2.21 bits per heavy atom. The zero-order chi connectivity index (χ0) is 14.0. The Morgan fingerprint density at radius 3 is 2.84 bits per heavy atom. The van der Waals surface area contributed by atoms with Crippen molar-refractivity contribution in [3.63, 3.8) is 0 Å². The Hall–Kier alpha value is -1.75. The molecule has 7 nitrogen and oxygen atoms in total. The number of aromatic nitrogens is 4.